The van der Waals surface area contributed by atoms with Crippen LogP contribution in [0.3, 0.4) is 0 Å². The molecule has 1 saturated heterocycles. The number of piperidine rings is 1. The van der Waals surface area contributed by atoms with Gasteiger partial charge in [-0.05, 0) is 70.4 Å². The molecule has 2 heteroatoms. The fourth-order valence-corrected chi connectivity index (χ4v) is 4.21. The lowest BCUT2D eigenvalue weighted by atomic mass is 9.79. The summed E-state index contributed by atoms with van der Waals surface area (Å²) in [6, 6.07) is 9.60. The molecule has 1 heterocycles. The van der Waals surface area contributed by atoms with Crippen molar-refractivity contribution in [1.82, 2.24) is 10.6 Å². The van der Waals surface area contributed by atoms with Crippen LogP contribution in [0.2, 0.25) is 0 Å². The molecule has 0 atom stereocenters. The number of hydrogen-bond acceptors (Lipinski definition) is 2. The zero-order valence-electron chi connectivity index (χ0n) is 14.0. The summed E-state index contributed by atoms with van der Waals surface area (Å²) in [6.45, 7) is 10.3. The van der Waals surface area contributed by atoms with Crippen molar-refractivity contribution in [2.24, 2.45) is 0 Å². The van der Waals surface area contributed by atoms with Crippen molar-refractivity contribution in [3.63, 3.8) is 0 Å². The smallest absolute Gasteiger partial charge is 0.0210 e. The minimum absolute atomic E-state index is 0.218. The van der Waals surface area contributed by atoms with Crippen LogP contribution in [-0.4, -0.2) is 17.1 Å². The molecule has 0 bridgehead atoms. The van der Waals surface area contributed by atoms with Gasteiger partial charge in [-0.1, -0.05) is 24.3 Å². The van der Waals surface area contributed by atoms with E-state index >= 15 is 0 Å². The van der Waals surface area contributed by atoms with Crippen LogP contribution in [0, 0.1) is 0 Å². The third-order valence-corrected chi connectivity index (χ3v) is 4.84. The van der Waals surface area contributed by atoms with Crippen molar-refractivity contribution in [3.05, 3.63) is 35.4 Å². The topological polar surface area (TPSA) is 24.1 Å². The van der Waals surface area contributed by atoms with Gasteiger partial charge in [0, 0.05) is 23.7 Å². The molecule has 0 spiro atoms. The molecule has 1 aromatic rings. The van der Waals surface area contributed by atoms with Gasteiger partial charge in [0.05, 0.1) is 0 Å². The van der Waals surface area contributed by atoms with Crippen LogP contribution in [-0.2, 0) is 6.54 Å². The van der Waals surface area contributed by atoms with Crippen molar-refractivity contribution in [2.45, 2.75) is 83.0 Å². The standard InChI is InChI=1S/C19H30N2/c1-18(2)11-16(12-19(3,4)21-18)20-13-15-7-5-6-8-17(15)14-9-10-14/h5-8,14,16,20-21H,9-13H2,1-4H3. The molecule has 1 aliphatic heterocycles. The lowest BCUT2D eigenvalue weighted by Gasteiger charge is -2.46. The summed E-state index contributed by atoms with van der Waals surface area (Å²) < 4.78 is 0. The van der Waals surface area contributed by atoms with Crippen molar-refractivity contribution in [2.75, 3.05) is 0 Å². The zero-order valence-corrected chi connectivity index (χ0v) is 14.0. The number of nitrogens with one attached hydrogen (secondary N) is 2. The van der Waals surface area contributed by atoms with Crippen molar-refractivity contribution in [3.8, 4) is 0 Å². The van der Waals surface area contributed by atoms with Gasteiger partial charge in [0.15, 0.2) is 0 Å². The SMILES string of the molecule is CC1(C)CC(NCc2ccccc2C2CC2)CC(C)(C)N1. The van der Waals surface area contributed by atoms with Crippen LogP contribution < -0.4 is 10.6 Å². The molecule has 2 N–H and O–H groups in total. The van der Waals surface area contributed by atoms with E-state index in [-0.39, 0.29) is 11.1 Å². The lowest BCUT2D eigenvalue weighted by Crippen LogP contribution is -2.61. The average Bonchev–Trinajstić information content (AvgIpc) is 3.17. The Balaban J connectivity index is 1.65. The van der Waals surface area contributed by atoms with E-state index < -0.39 is 0 Å². The second-order valence-corrected chi connectivity index (χ2v) is 8.35. The van der Waals surface area contributed by atoms with Crippen molar-refractivity contribution in [1.29, 1.82) is 0 Å². The quantitative estimate of drug-likeness (QED) is 0.875. The molecule has 0 radical (unpaired) electrons. The minimum atomic E-state index is 0.218. The van der Waals surface area contributed by atoms with Crippen LogP contribution >= 0.6 is 0 Å². The number of rotatable bonds is 4. The predicted octanol–water partition coefficient (Wildman–Crippen LogP) is 3.96. The maximum atomic E-state index is 3.83. The fourth-order valence-electron chi connectivity index (χ4n) is 4.21. The van der Waals surface area contributed by atoms with Crippen LogP contribution in [0.15, 0.2) is 24.3 Å². The Morgan fingerprint density at radius 2 is 1.67 bits per heavy atom. The molecule has 116 valence electrons. The summed E-state index contributed by atoms with van der Waals surface area (Å²) in [6.07, 6.45) is 5.15. The Morgan fingerprint density at radius 3 is 2.29 bits per heavy atom. The Kier molecular flexibility index (Phi) is 3.87. The highest BCUT2D eigenvalue weighted by atomic mass is 15.1. The number of benzene rings is 1. The van der Waals surface area contributed by atoms with E-state index in [0.29, 0.717) is 6.04 Å². The molecule has 2 aliphatic rings. The summed E-state index contributed by atoms with van der Waals surface area (Å²) in [7, 11) is 0. The van der Waals surface area contributed by atoms with Gasteiger partial charge in [-0.15, -0.1) is 0 Å². The van der Waals surface area contributed by atoms with E-state index in [4.69, 9.17) is 0 Å². The highest BCUT2D eigenvalue weighted by Gasteiger charge is 2.37. The second-order valence-electron chi connectivity index (χ2n) is 8.35. The van der Waals surface area contributed by atoms with Gasteiger partial charge in [-0.25, -0.2) is 0 Å². The van der Waals surface area contributed by atoms with Gasteiger partial charge in [-0.3, -0.25) is 0 Å². The van der Waals surface area contributed by atoms with Gasteiger partial charge in [0.25, 0.3) is 0 Å². The van der Waals surface area contributed by atoms with Crippen molar-refractivity contribution < 1.29 is 0 Å². The van der Waals surface area contributed by atoms with Gasteiger partial charge in [0.1, 0.15) is 0 Å². The molecule has 0 amide bonds. The van der Waals surface area contributed by atoms with E-state index in [1.807, 2.05) is 0 Å². The van der Waals surface area contributed by atoms with E-state index in [2.05, 4.69) is 62.6 Å². The van der Waals surface area contributed by atoms with Crippen LogP contribution in [0.1, 0.15) is 70.4 Å². The summed E-state index contributed by atoms with van der Waals surface area (Å²) >= 11 is 0. The Hall–Kier alpha value is -0.860. The van der Waals surface area contributed by atoms with E-state index in [0.717, 1.165) is 12.5 Å². The average molecular weight is 286 g/mol. The van der Waals surface area contributed by atoms with E-state index in [9.17, 15) is 0 Å². The van der Waals surface area contributed by atoms with E-state index in [1.165, 1.54) is 31.2 Å². The molecule has 0 unspecified atom stereocenters. The zero-order chi connectivity index (χ0) is 15.1. The third-order valence-electron chi connectivity index (χ3n) is 4.84. The van der Waals surface area contributed by atoms with Crippen LogP contribution in [0.5, 0.6) is 0 Å². The third kappa shape index (κ3) is 3.87. The molecule has 21 heavy (non-hydrogen) atoms. The highest BCUT2D eigenvalue weighted by molar-refractivity contribution is 5.33. The van der Waals surface area contributed by atoms with Crippen molar-refractivity contribution >= 4 is 0 Å². The molecule has 3 rings (SSSR count). The monoisotopic (exact) mass is 286 g/mol. The first-order chi connectivity index (χ1) is 9.85. The van der Waals surface area contributed by atoms with Gasteiger partial charge in [0.2, 0.25) is 0 Å². The van der Waals surface area contributed by atoms with Gasteiger partial charge >= 0.3 is 0 Å². The summed E-state index contributed by atoms with van der Waals surface area (Å²) in [5.41, 5.74) is 3.52. The summed E-state index contributed by atoms with van der Waals surface area (Å²) in [5.74, 6) is 0.837. The first kappa shape index (κ1) is 15.1. The highest BCUT2D eigenvalue weighted by Crippen LogP contribution is 2.41. The normalized spacial score (nSPS) is 25.0. The molecular formula is C19H30N2. The molecule has 1 aliphatic carbocycles. The molecule has 1 aromatic carbocycles. The minimum Gasteiger partial charge on any atom is -0.310 e. The first-order valence-corrected chi connectivity index (χ1v) is 8.45. The molecule has 2 fully saturated rings. The second kappa shape index (κ2) is 5.40. The predicted molar refractivity (Wildman–Crippen MR) is 89.6 cm³/mol. The Bertz CT molecular complexity index is 484. The van der Waals surface area contributed by atoms with Gasteiger partial charge < -0.3 is 10.6 Å². The summed E-state index contributed by atoms with van der Waals surface area (Å²) in [5, 5.41) is 7.59. The van der Waals surface area contributed by atoms with E-state index in [1.54, 1.807) is 5.56 Å². The maximum Gasteiger partial charge on any atom is 0.0210 e. The fraction of sp³-hybridized carbons (Fsp3) is 0.684. The molecule has 1 saturated carbocycles. The lowest BCUT2D eigenvalue weighted by molar-refractivity contribution is 0.145. The van der Waals surface area contributed by atoms with Crippen LogP contribution in [0.4, 0.5) is 0 Å². The Labute approximate surface area is 129 Å². The number of hydrogen-bond donors (Lipinski definition) is 2. The molecule has 0 aromatic heterocycles. The largest absolute Gasteiger partial charge is 0.310 e. The molecular weight excluding hydrogens is 256 g/mol. The van der Waals surface area contributed by atoms with Crippen LogP contribution in [0.25, 0.3) is 0 Å². The Morgan fingerprint density at radius 1 is 1.05 bits per heavy atom. The summed E-state index contributed by atoms with van der Waals surface area (Å²) in [4.78, 5) is 0. The maximum absolute atomic E-state index is 3.83. The van der Waals surface area contributed by atoms with Gasteiger partial charge in [-0.2, -0.15) is 0 Å². The first-order valence-electron chi connectivity index (χ1n) is 8.45. The molecule has 2 nitrogen and oxygen atoms in total.